The van der Waals surface area contributed by atoms with E-state index in [2.05, 4.69) is 5.10 Å². The van der Waals surface area contributed by atoms with Crippen molar-refractivity contribution in [3.63, 3.8) is 0 Å². The molecule has 1 N–H and O–H groups in total. The zero-order valence-electron chi connectivity index (χ0n) is 5.16. The van der Waals surface area contributed by atoms with Gasteiger partial charge in [0.15, 0.2) is 0 Å². The summed E-state index contributed by atoms with van der Waals surface area (Å²) in [4.78, 5) is 10.2. The van der Waals surface area contributed by atoms with Gasteiger partial charge in [0.1, 0.15) is 0 Å². The summed E-state index contributed by atoms with van der Waals surface area (Å²) in [5, 5.41) is 2.87. The normalized spacial score (nSPS) is 10.4. The Bertz CT molecular complexity index is 358. The molecular formula is C7H5N2O. The predicted octanol–water partition coefficient (Wildman–Crippen LogP) is 0.725. The molecule has 0 fully saturated rings. The van der Waals surface area contributed by atoms with Crippen LogP contribution >= 0.6 is 0 Å². The van der Waals surface area contributed by atoms with E-state index in [1.165, 1.54) is 0 Å². The highest BCUT2D eigenvalue weighted by atomic mass is 16.1. The number of hydrogen-bond acceptors (Lipinski definition) is 1. The Labute approximate surface area is 57.3 Å². The monoisotopic (exact) mass is 133 g/mol. The van der Waals surface area contributed by atoms with Crippen molar-refractivity contribution in [2.45, 2.75) is 0 Å². The van der Waals surface area contributed by atoms with Crippen molar-refractivity contribution >= 4 is 11.8 Å². The molecule has 2 aromatic heterocycles. The van der Waals surface area contributed by atoms with Crippen LogP contribution in [0.25, 0.3) is 5.52 Å². The summed E-state index contributed by atoms with van der Waals surface area (Å²) in [5.41, 5.74) is 1.44. The maximum Gasteiger partial charge on any atom is 0.237 e. The van der Waals surface area contributed by atoms with E-state index < -0.39 is 0 Å². The maximum absolute atomic E-state index is 10.2. The fraction of sp³-hybridized carbons (Fsp3) is 0. The molecule has 0 atom stereocenters. The van der Waals surface area contributed by atoms with Gasteiger partial charge >= 0.3 is 0 Å². The lowest BCUT2D eigenvalue weighted by molar-refractivity contribution is 0.563. The fourth-order valence-electron chi connectivity index (χ4n) is 1.00. The molecular weight excluding hydrogens is 128 g/mol. The van der Waals surface area contributed by atoms with Gasteiger partial charge in [-0.2, -0.15) is 0 Å². The quantitative estimate of drug-likeness (QED) is 0.611. The Morgan fingerprint density at radius 3 is 3.30 bits per heavy atom. The Morgan fingerprint density at radius 1 is 1.60 bits per heavy atom. The second-order valence-electron chi connectivity index (χ2n) is 2.05. The molecule has 0 spiro atoms. The molecule has 49 valence electrons. The van der Waals surface area contributed by atoms with Crippen molar-refractivity contribution < 1.29 is 4.79 Å². The zero-order chi connectivity index (χ0) is 6.97. The third-order valence-electron chi connectivity index (χ3n) is 1.48. The minimum absolute atomic E-state index is 0.574. The number of aromatic amines is 1. The van der Waals surface area contributed by atoms with Crippen molar-refractivity contribution in [1.29, 1.82) is 0 Å². The summed E-state index contributed by atoms with van der Waals surface area (Å²) >= 11 is 0. The van der Waals surface area contributed by atoms with E-state index in [4.69, 9.17) is 0 Å². The summed E-state index contributed by atoms with van der Waals surface area (Å²) in [6.07, 6.45) is 5.30. The van der Waals surface area contributed by atoms with Gasteiger partial charge < -0.3 is 5.10 Å². The SMILES string of the molecule is O=[C]c1c[nH]n2cccc12. The summed E-state index contributed by atoms with van der Waals surface area (Å²) in [5.74, 6) is 0. The summed E-state index contributed by atoms with van der Waals surface area (Å²) in [7, 11) is 0. The van der Waals surface area contributed by atoms with Crippen LogP contribution in [0.5, 0.6) is 0 Å². The first-order chi connectivity index (χ1) is 4.92. The molecule has 1 radical (unpaired) electrons. The average molecular weight is 133 g/mol. The number of fused-ring (bicyclic) bond motifs is 1. The van der Waals surface area contributed by atoms with Gasteiger partial charge in [-0.25, -0.2) is 0 Å². The van der Waals surface area contributed by atoms with E-state index in [-0.39, 0.29) is 0 Å². The van der Waals surface area contributed by atoms with Gasteiger partial charge in [-0.3, -0.25) is 9.31 Å². The molecule has 3 nitrogen and oxygen atoms in total. The Kier molecular flexibility index (Phi) is 0.917. The highest BCUT2D eigenvalue weighted by molar-refractivity contribution is 5.85. The van der Waals surface area contributed by atoms with Crippen molar-refractivity contribution in [2.75, 3.05) is 0 Å². The van der Waals surface area contributed by atoms with Crippen LogP contribution in [0.2, 0.25) is 0 Å². The second-order valence-corrected chi connectivity index (χ2v) is 2.05. The molecule has 0 saturated heterocycles. The number of rotatable bonds is 1. The van der Waals surface area contributed by atoms with E-state index >= 15 is 0 Å². The second kappa shape index (κ2) is 1.73. The van der Waals surface area contributed by atoms with E-state index in [0.717, 1.165) is 5.52 Å². The van der Waals surface area contributed by atoms with E-state index in [1.807, 2.05) is 24.6 Å². The van der Waals surface area contributed by atoms with Crippen LogP contribution in [0.4, 0.5) is 0 Å². The van der Waals surface area contributed by atoms with Crippen molar-refractivity contribution in [2.24, 2.45) is 0 Å². The number of nitrogens with zero attached hydrogens (tertiary/aromatic N) is 1. The summed E-state index contributed by atoms with van der Waals surface area (Å²) in [6.45, 7) is 0. The molecule has 3 heteroatoms. The standard InChI is InChI=1S/C7H5N2O/c10-5-6-4-8-9-3-1-2-7(6)9/h1-4,8H. The molecule has 0 bridgehead atoms. The third-order valence-corrected chi connectivity index (χ3v) is 1.48. The minimum Gasteiger partial charge on any atom is -0.301 e. The molecule has 10 heavy (non-hydrogen) atoms. The van der Waals surface area contributed by atoms with Crippen molar-refractivity contribution in [3.8, 4) is 0 Å². The van der Waals surface area contributed by atoms with Crippen LogP contribution in [-0.4, -0.2) is 15.9 Å². The molecule has 0 saturated carbocycles. The lowest BCUT2D eigenvalue weighted by Gasteiger charge is -1.78. The van der Waals surface area contributed by atoms with Gasteiger partial charge in [0.25, 0.3) is 0 Å². The van der Waals surface area contributed by atoms with Gasteiger partial charge in [0.2, 0.25) is 6.29 Å². The fourth-order valence-corrected chi connectivity index (χ4v) is 1.00. The number of hydrogen-bond donors (Lipinski definition) is 1. The van der Waals surface area contributed by atoms with Crippen molar-refractivity contribution in [1.82, 2.24) is 9.61 Å². The molecule has 0 unspecified atom stereocenters. The lowest BCUT2D eigenvalue weighted by Crippen LogP contribution is -1.76. The molecule has 2 aromatic rings. The van der Waals surface area contributed by atoms with Gasteiger partial charge in [-0.05, 0) is 12.1 Å². The first-order valence-corrected chi connectivity index (χ1v) is 2.94. The largest absolute Gasteiger partial charge is 0.301 e. The third kappa shape index (κ3) is 0.515. The lowest BCUT2D eigenvalue weighted by atomic mass is 10.3. The smallest absolute Gasteiger partial charge is 0.237 e. The Balaban J connectivity index is 2.88. The first kappa shape index (κ1) is 5.29. The average Bonchev–Trinajstić information content (AvgIpc) is 2.44. The molecule has 0 amide bonds. The summed E-state index contributed by atoms with van der Waals surface area (Å²) in [6, 6.07) is 3.73. The number of H-pyrrole nitrogens is 1. The van der Waals surface area contributed by atoms with Crippen LogP contribution in [0.15, 0.2) is 24.5 Å². The molecule has 0 aliphatic rings. The van der Waals surface area contributed by atoms with Crippen LogP contribution in [0.1, 0.15) is 5.56 Å². The van der Waals surface area contributed by atoms with Crippen LogP contribution in [0, 0.1) is 0 Å². The van der Waals surface area contributed by atoms with Gasteiger partial charge in [0.05, 0.1) is 11.1 Å². The zero-order valence-corrected chi connectivity index (χ0v) is 5.16. The molecule has 0 aliphatic carbocycles. The van der Waals surface area contributed by atoms with Crippen molar-refractivity contribution in [3.05, 3.63) is 30.1 Å². The topological polar surface area (TPSA) is 37.3 Å². The van der Waals surface area contributed by atoms with E-state index in [9.17, 15) is 4.79 Å². The predicted molar refractivity (Wildman–Crippen MR) is 36.5 cm³/mol. The van der Waals surface area contributed by atoms with Crippen LogP contribution in [0.3, 0.4) is 0 Å². The van der Waals surface area contributed by atoms with E-state index in [1.54, 1.807) is 10.7 Å². The number of carbonyl (C=O) groups excluding carboxylic acids is 1. The Hall–Kier alpha value is -1.51. The summed E-state index contributed by atoms with van der Waals surface area (Å²) < 4.78 is 1.76. The first-order valence-electron chi connectivity index (χ1n) is 2.94. The van der Waals surface area contributed by atoms with Gasteiger partial charge in [-0.1, -0.05) is 0 Å². The molecule has 2 heterocycles. The minimum atomic E-state index is 0.574. The molecule has 0 aromatic carbocycles. The molecule has 0 aliphatic heterocycles. The Morgan fingerprint density at radius 2 is 2.50 bits per heavy atom. The molecule has 2 rings (SSSR count). The highest BCUT2D eigenvalue weighted by Gasteiger charge is 1.99. The maximum atomic E-state index is 10.2. The van der Waals surface area contributed by atoms with Crippen LogP contribution in [-0.2, 0) is 4.79 Å². The van der Waals surface area contributed by atoms with Gasteiger partial charge in [-0.15, -0.1) is 0 Å². The van der Waals surface area contributed by atoms with Gasteiger partial charge in [0, 0.05) is 12.4 Å². The number of aromatic nitrogens is 2. The van der Waals surface area contributed by atoms with E-state index in [0.29, 0.717) is 5.56 Å². The number of nitrogens with one attached hydrogen (secondary N) is 1. The highest BCUT2D eigenvalue weighted by Crippen LogP contribution is 2.06. The van der Waals surface area contributed by atoms with Crippen LogP contribution < -0.4 is 0 Å².